The smallest absolute Gasteiger partial charge is 0.345 e. The van der Waals surface area contributed by atoms with Gasteiger partial charge < -0.3 is 19.3 Å². The zero-order valence-electron chi connectivity index (χ0n) is 12.1. The van der Waals surface area contributed by atoms with Crippen LogP contribution in [0, 0.1) is 0 Å². The lowest BCUT2D eigenvalue weighted by Crippen LogP contribution is -2.07. The molecule has 0 aromatic heterocycles. The van der Waals surface area contributed by atoms with Crippen molar-refractivity contribution in [2.75, 3.05) is 14.2 Å². The highest BCUT2D eigenvalue weighted by Gasteiger charge is 2.21. The van der Waals surface area contributed by atoms with Crippen molar-refractivity contribution < 1.29 is 24.1 Å². The number of hydrogen-bond acceptors (Lipinski definition) is 5. The largest absolute Gasteiger partial charge is 0.507 e. The minimum atomic E-state index is -0.663. The van der Waals surface area contributed by atoms with Gasteiger partial charge in [0.2, 0.25) is 0 Å². The van der Waals surface area contributed by atoms with E-state index in [-0.39, 0.29) is 23.7 Å². The maximum atomic E-state index is 11.8. The van der Waals surface area contributed by atoms with E-state index in [2.05, 4.69) is 20.7 Å². The topological polar surface area (TPSA) is 65.0 Å². The third kappa shape index (κ3) is 3.51. The first-order valence-corrected chi connectivity index (χ1v) is 7.21. The molecule has 6 heteroatoms. The number of benzene rings is 2. The van der Waals surface area contributed by atoms with E-state index >= 15 is 0 Å². The van der Waals surface area contributed by atoms with Crippen LogP contribution in [-0.2, 0) is 11.3 Å². The predicted octanol–water partition coefficient (Wildman–Crippen LogP) is 3.53. The van der Waals surface area contributed by atoms with Crippen molar-refractivity contribution in [1.29, 1.82) is 0 Å². The SMILES string of the molecule is COC(=O)c1c(O)ccc(Br)c1OCc1ccc(OC)cc1. The standard InChI is InChI=1S/C16H15BrO5/c1-20-11-5-3-10(4-6-11)9-22-15-12(17)7-8-13(18)14(15)16(19)21-2/h3-8,18H,9H2,1-2H3. The fraction of sp³-hybridized carbons (Fsp3) is 0.188. The van der Waals surface area contributed by atoms with Crippen molar-refractivity contribution in [3.63, 3.8) is 0 Å². The fourth-order valence-electron chi connectivity index (χ4n) is 1.86. The second-order valence-electron chi connectivity index (χ2n) is 4.40. The molecule has 0 amide bonds. The molecule has 0 heterocycles. The zero-order valence-corrected chi connectivity index (χ0v) is 13.7. The van der Waals surface area contributed by atoms with Gasteiger partial charge in [0.15, 0.2) is 5.75 Å². The molecule has 22 heavy (non-hydrogen) atoms. The zero-order chi connectivity index (χ0) is 16.1. The average molecular weight is 367 g/mol. The summed E-state index contributed by atoms with van der Waals surface area (Å²) in [5.41, 5.74) is 0.886. The van der Waals surface area contributed by atoms with Gasteiger partial charge in [0.1, 0.15) is 23.7 Å². The van der Waals surface area contributed by atoms with E-state index in [1.54, 1.807) is 13.2 Å². The Kier molecular flexibility index (Phi) is 5.27. The molecule has 0 radical (unpaired) electrons. The fourth-order valence-corrected chi connectivity index (χ4v) is 2.31. The summed E-state index contributed by atoms with van der Waals surface area (Å²) in [7, 11) is 2.84. The van der Waals surface area contributed by atoms with Crippen LogP contribution in [0.1, 0.15) is 15.9 Å². The number of phenols is 1. The van der Waals surface area contributed by atoms with E-state index in [1.165, 1.54) is 13.2 Å². The van der Waals surface area contributed by atoms with Gasteiger partial charge in [0.25, 0.3) is 0 Å². The Bertz CT molecular complexity index is 667. The molecule has 1 N–H and O–H groups in total. The lowest BCUT2D eigenvalue weighted by atomic mass is 10.1. The monoisotopic (exact) mass is 366 g/mol. The van der Waals surface area contributed by atoms with Gasteiger partial charge in [0, 0.05) is 0 Å². The normalized spacial score (nSPS) is 10.1. The van der Waals surface area contributed by atoms with E-state index in [1.807, 2.05) is 24.3 Å². The van der Waals surface area contributed by atoms with Crippen LogP contribution in [0.4, 0.5) is 0 Å². The number of aromatic hydroxyl groups is 1. The van der Waals surface area contributed by atoms with Crippen LogP contribution in [0.5, 0.6) is 17.2 Å². The first-order valence-electron chi connectivity index (χ1n) is 6.42. The van der Waals surface area contributed by atoms with Crippen LogP contribution < -0.4 is 9.47 Å². The average Bonchev–Trinajstić information content (AvgIpc) is 2.55. The van der Waals surface area contributed by atoms with Crippen LogP contribution >= 0.6 is 15.9 Å². The maximum absolute atomic E-state index is 11.8. The summed E-state index contributed by atoms with van der Waals surface area (Å²) in [5.74, 6) is 0.128. The molecule has 116 valence electrons. The van der Waals surface area contributed by atoms with E-state index < -0.39 is 5.97 Å². The van der Waals surface area contributed by atoms with Crippen molar-refractivity contribution in [3.05, 3.63) is 52.0 Å². The molecule has 2 rings (SSSR count). The van der Waals surface area contributed by atoms with Crippen molar-refractivity contribution in [2.24, 2.45) is 0 Å². The maximum Gasteiger partial charge on any atom is 0.345 e. The van der Waals surface area contributed by atoms with Gasteiger partial charge in [-0.05, 0) is 45.8 Å². The number of hydrogen-bond donors (Lipinski definition) is 1. The number of carbonyl (C=O) groups is 1. The van der Waals surface area contributed by atoms with Crippen LogP contribution in [0.2, 0.25) is 0 Å². The molecule has 0 saturated heterocycles. The highest BCUT2D eigenvalue weighted by atomic mass is 79.9. The van der Waals surface area contributed by atoms with Crippen molar-refractivity contribution in [3.8, 4) is 17.2 Å². The molecular weight excluding hydrogens is 352 g/mol. The summed E-state index contributed by atoms with van der Waals surface area (Å²) < 4.78 is 16.0. The van der Waals surface area contributed by atoms with Gasteiger partial charge >= 0.3 is 5.97 Å². The Balaban J connectivity index is 2.24. The van der Waals surface area contributed by atoms with Gasteiger partial charge in [-0.1, -0.05) is 12.1 Å². The molecule has 0 spiro atoms. The van der Waals surface area contributed by atoms with Crippen LogP contribution in [0.25, 0.3) is 0 Å². The summed E-state index contributed by atoms with van der Waals surface area (Å²) in [5, 5.41) is 9.86. The Hall–Kier alpha value is -2.21. The Morgan fingerprint density at radius 2 is 1.82 bits per heavy atom. The number of phenolic OH excluding ortho intramolecular Hbond substituents is 1. The summed E-state index contributed by atoms with van der Waals surface area (Å²) in [4.78, 5) is 11.8. The summed E-state index contributed by atoms with van der Waals surface area (Å²) >= 11 is 3.31. The highest BCUT2D eigenvalue weighted by molar-refractivity contribution is 9.10. The van der Waals surface area contributed by atoms with E-state index in [0.29, 0.717) is 4.47 Å². The number of rotatable bonds is 5. The highest BCUT2D eigenvalue weighted by Crippen LogP contribution is 2.36. The summed E-state index contributed by atoms with van der Waals surface area (Å²) in [6, 6.07) is 10.3. The summed E-state index contributed by atoms with van der Waals surface area (Å²) in [6.07, 6.45) is 0. The van der Waals surface area contributed by atoms with Gasteiger partial charge in [0.05, 0.1) is 18.7 Å². The third-order valence-electron chi connectivity index (χ3n) is 3.02. The number of carbonyl (C=O) groups excluding carboxylic acids is 1. The quantitative estimate of drug-likeness (QED) is 0.820. The first-order chi connectivity index (χ1) is 10.6. The molecule has 0 bridgehead atoms. The van der Waals surface area contributed by atoms with Gasteiger partial charge in [-0.25, -0.2) is 4.79 Å². The number of ether oxygens (including phenoxy) is 3. The van der Waals surface area contributed by atoms with Crippen LogP contribution in [0.3, 0.4) is 0 Å². The minimum Gasteiger partial charge on any atom is -0.507 e. The number of methoxy groups -OCH3 is 2. The molecule has 0 fully saturated rings. The van der Waals surface area contributed by atoms with E-state index in [9.17, 15) is 9.90 Å². The first kappa shape index (κ1) is 16.2. The lowest BCUT2D eigenvalue weighted by molar-refractivity contribution is 0.0592. The second kappa shape index (κ2) is 7.17. The number of esters is 1. The van der Waals surface area contributed by atoms with Crippen LogP contribution in [0.15, 0.2) is 40.9 Å². The van der Waals surface area contributed by atoms with Gasteiger partial charge in [-0.3, -0.25) is 0 Å². The molecule has 0 aliphatic carbocycles. The molecule has 2 aromatic carbocycles. The van der Waals surface area contributed by atoms with Crippen molar-refractivity contribution >= 4 is 21.9 Å². The molecule has 0 saturated carbocycles. The lowest BCUT2D eigenvalue weighted by Gasteiger charge is -2.13. The Morgan fingerprint density at radius 1 is 1.14 bits per heavy atom. The van der Waals surface area contributed by atoms with Crippen LogP contribution in [-0.4, -0.2) is 25.3 Å². The molecule has 2 aromatic rings. The molecule has 0 aliphatic rings. The minimum absolute atomic E-state index is 0.00890. The summed E-state index contributed by atoms with van der Waals surface area (Å²) in [6.45, 7) is 0.232. The molecule has 0 unspecified atom stereocenters. The van der Waals surface area contributed by atoms with E-state index in [4.69, 9.17) is 9.47 Å². The predicted molar refractivity (Wildman–Crippen MR) is 84.5 cm³/mol. The van der Waals surface area contributed by atoms with Gasteiger partial charge in [-0.15, -0.1) is 0 Å². The molecular formula is C16H15BrO5. The second-order valence-corrected chi connectivity index (χ2v) is 5.25. The Labute approximate surface area is 136 Å². The van der Waals surface area contributed by atoms with Gasteiger partial charge in [-0.2, -0.15) is 0 Å². The van der Waals surface area contributed by atoms with Crippen molar-refractivity contribution in [1.82, 2.24) is 0 Å². The Morgan fingerprint density at radius 3 is 2.41 bits per heavy atom. The molecule has 0 aliphatic heterocycles. The van der Waals surface area contributed by atoms with E-state index in [0.717, 1.165) is 11.3 Å². The number of halogens is 1. The van der Waals surface area contributed by atoms with Crippen molar-refractivity contribution in [2.45, 2.75) is 6.61 Å². The molecule has 5 nitrogen and oxygen atoms in total. The molecule has 0 atom stereocenters. The third-order valence-corrected chi connectivity index (χ3v) is 3.64.